The van der Waals surface area contributed by atoms with Gasteiger partial charge in [0.15, 0.2) is 11.2 Å². The van der Waals surface area contributed by atoms with Crippen molar-refractivity contribution in [3.8, 4) is 0 Å². The van der Waals surface area contributed by atoms with Crippen molar-refractivity contribution in [3.63, 3.8) is 0 Å². The molecule has 1 saturated heterocycles. The van der Waals surface area contributed by atoms with E-state index in [0.717, 1.165) is 5.69 Å². The van der Waals surface area contributed by atoms with Gasteiger partial charge in [0.05, 0.1) is 38.1 Å². The number of carbonyl (C=O) groups is 5. The molecule has 55 heavy (non-hydrogen) atoms. The fraction of sp³-hybridized carbons (Fsp3) is 0.514. The van der Waals surface area contributed by atoms with Gasteiger partial charge in [-0.15, -0.1) is 0 Å². The van der Waals surface area contributed by atoms with Crippen LogP contribution in [0.25, 0.3) is 11.2 Å². The number of rotatable bonds is 19. The lowest BCUT2D eigenvalue weighted by Crippen LogP contribution is -2.48. The summed E-state index contributed by atoms with van der Waals surface area (Å²) in [6, 6.07) is 6.25. The summed E-state index contributed by atoms with van der Waals surface area (Å²) in [5.74, 6) is -3.56. The first-order valence-electron chi connectivity index (χ1n) is 18.0. The van der Waals surface area contributed by atoms with Gasteiger partial charge in [0.2, 0.25) is 11.9 Å². The van der Waals surface area contributed by atoms with Crippen LogP contribution in [-0.2, 0) is 25.7 Å². The van der Waals surface area contributed by atoms with Crippen LogP contribution in [0.1, 0.15) is 55.1 Å². The standard InChI is InChI=1S/C35H49N11O9/c1-22(40-33(54)23-6-8-24(9-7-23)38-16-25-17-39-32-31(41-25)34(55)43-35(36)42-32)5-10-27(47)37-11-3-2-4-26-18-45(20-29(50)51)13-12-44(19-28(48)49)14-15-46(26)21-30(52)53/h6-9,17,22,26,38H,2-5,10-16,18-21H2,1H3,(H,37,47)(H,40,54)(H,48,49)(H,50,51)(H,52,53)(H3,36,39,42,43,55)/t22-,26?/m1/s1. The number of unbranched alkanes of at least 4 members (excludes halogenated alkanes) is 1. The summed E-state index contributed by atoms with van der Waals surface area (Å²) in [5, 5.41) is 37.2. The van der Waals surface area contributed by atoms with Gasteiger partial charge in [-0.2, -0.15) is 4.98 Å². The van der Waals surface area contributed by atoms with E-state index >= 15 is 0 Å². The molecule has 1 aliphatic heterocycles. The van der Waals surface area contributed by atoms with Crippen LogP contribution in [0, 0.1) is 0 Å². The number of carboxylic acid groups (broad SMARTS) is 3. The van der Waals surface area contributed by atoms with Gasteiger partial charge >= 0.3 is 17.9 Å². The number of hydrogen-bond acceptors (Lipinski definition) is 14. The number of nitrogens with zero attached hydrogens (tertiary/aromatic N) is 6. The Morgan fingerprint density at radius 3 is 2.31 bits per heavy atom. The monoisotopic (exact) mass is 767 g/mol. The van der Waals surface area contributed by atoms with Crippen molar-refractivity contribution in [2.45, 2.75) is 57.7 Å². The highest BCUT2D eigenvalue weighted by Gasteiger charge is 2.27. The number of aromatic nitrogens is 4. The number of carboxylic acids is 3. The maximum Gasteiger partial charge on any atom is 0.317 e. The first-order chi connectivity index (χ1) is 26.2. The number of nitrogen functional groups attached to an aromatic ring is 1. The molecule has 0 spiro atoms. The fourth-order valence-electron chi connectivity index (χ4n) is 6.23. The molecule has 0 bridgehead atoms. The maximum atomic E-state index is 12.8. The third-order valence-corrected chi connectivity index (χ3v) is 9.05. The Hall–Kier alpha value is -5.73. The highest BCUT2D eigenvalue weighted by Crippen LogP contribution is 2.15. The molecule has 1 aromatic carbocycles. The van der Waals surface area contributed by atoms with Gasteiger partial charge in [0.1, 0.15) is 0 Å². The molecule has 20 nitrogen and oxygen atoms in total. The topological polar surface area (TPSA) is 289 Å². The highest BCUT2D eigenvalue weighted by atomic mass is 16.4. The number of benzene rings is 1. The lowest BCUT2D eigenvalue weighted by atomic mass is 10.1. The van der Waals surface area contributed by atoms with E-state index in [2.05, 4.69) is 35.9 Å². The summed E-state index contributed by atoms with van der Waals surface area (Å²) in [6.07, 6.45) is 3.93. The van der Waals surface area contributed by atoms with Gasteiger partial charge in [0, 0.05) is 69.0 Å². The lowest BCUT2D eigenvalue weighted by Gasteiger charge is -2.33. The minimum Gasteiger partial charge on any atom is -0.480 e. The Labute approximate surface area is 316 Å². The van der Waals surface area contributed by atoms with Crippen molar-refractivity contribution in [2.24, 2.45) is 0 Å². The number of amides is 2. The van der Waals surface area contributed by atoms with Gasteiger partial charge in [0.25, 0.3) is 11.5 Å². The predicted molar refractivity (Wildman–Crippen MR) is 200 cm³/mol. The van der Waals surface area contributed by atoms with E-state index in [-0.39, 0.29) is 73.6 Å². The molecule has 0 saturated carbocycles. The molecule has 1 unspecified atom stereocenters. The summed E-state index contributed by atoms with van der Waals surface area (Å²) >= 11 is 0. The SMILES string of the molecule is C[C@H](CCC(=O)NCCCCC1CN(CC(=O)O)CCN(CC(=O)O)CCN1CC(=O)O)NC(=O)c1ccc(NCc2cnc3nc(N)[nH]c(=O)c3n2)cc1. The van der Waals surface area contributed by atoms with Crippen LogP contribution < -0.4 is 27.2 Å². The molecule has 2 amide bonds. The Morgan fingerprint density at radius 1 is 0.927 bits per heavy atom. The smallest absolute Gasteiger partial charge is 0.317 e. The number of fused-ring (bicyclic) bond motifs is 1. The highest BCUT2D eigenvalue weighted by molar-refractivity contribution is 5.94. The summed E-state index contributed by atoms with van der Waals surface area (Å²) in [6.45, 7) is 3.40. The third-order valence-electron chi connectivity index (χ3n) is 9.05. The van der Waals surface area contributed by atoms with Crippen molar-refractivity contribution in [3.05, 3.63) is 52.1 Å². The maximum absolute atomic E-state index is 12.8. The predicted octanol–water partition coefficient (Wildman–Crippen LogP) is -0.366. The van der Waals surface area contributed by atoms with Crippen LogP contribution in [0.3, 0.4) is 0 Å². The summed E-state index contributed by atoms with van der Waals surface area (Å²) < 4.78 is 0. The largest absolute Gasteiger partial charge is 0.480 e. The van der Waals surface area contributed by atoms with E-state index in [9.17, 15) is 44.1 Å². The van der Waals surface area contributed by atoms with Gasteiger partial charge in [-0.25, -0.2) is 9.97 Å². The number of nitrogens with one attached hydrogen (secondary N) is 4. The van der Waals surface area contributed by atoms with Crippen molar-refractivity contribution >= 4 is 52.5 Å². The first kappa shape index (κ1) is 42.0. The Morgan fingerprint density at radius 2 is 1.60 bits per heavy atom. The van der Waals surface area contributed by atoms with Gasteiger partial charge < -0.3 is 37.0 Å². The van der Waals surface area contributed by atoms with Crippen molar-refractivity contribution in [2.75, 3.05) is 70.0 Å². The van der Waals surface area contributed by atoms with Crippen LogP contribution in [0.4, 0.5) is 11.6 Å². The van der Waals surface area contributed by atoms with E-state index in [4.69, 9.17) is 5.73 Å². The number of aromatic amines is 1. The Kier molecular flexibility index (Phi) is 15.8. The van der Waals surface area contributed by atoms with Crippen molar-refractivity contribution in [1.29, 1.82) is 0 Å². The second kappa shape index (κ2) is 20.7. The van der Waals surface area contributed by atoms with E-state index in [0.29, 0.717) is 76.2 Å². The molecule has 9 N–H and O–H groups in total. The number of aliphatic carboxylic acids is 3. The Balaban J connectivity index is 1.17. The number of H-pyrrole nitrogens is 1. The quantitative estimate of drug-likeness (QED) is 0.0722. The molecule has 3 heterocycles. The van der Waals surface area contributed by atoms with Crippen LogP contribution in [0.15, 0.2) is 35.3 Å². The molecular weight excluding hydrogens is 718 g/mol. The Bertz CT molecular complexity index is 1860. The van der Waals surface area contributed by atoms with Crippen LogP contribution in [0.2, 0.25) is 0 Å². The molecule has 0 radical (unpaired) electrons. The second-order valence-corrected chi connectivity index (χ2v) is 13.5. The molecule has 1 fully saturated rings. The molecule has 2 aromatic heterocycles. The molecule has 298 valence electrons. The second-order valence-electron chi connectivity index (χ2n) is 13.5. The van der Waals surface area contributed by atoms with Gasteiger partial charge in [-0.3, -0.25) is 48.5 Å². The normalized spacial score (nSPS) is 16.3. The average molecular weight is 768 g/mol. The van der Waals surface area contributed by atoms with Crippen molar-refractivity contribution < 1.29 is 39.3 Å². The van der Waals surface area contributed by atoms with E-state index in [1.54, 1.807) is 39.0 Å². The molecule has 1 aliphatic rings. The van der Waals surface area contributed by atoms with Crippen LogP contribution in [0.5, 0.6) is 0 Å². The minimum absolute atomic E-state index is 0.0420. The number of nitrogens with two attached hydrogens (primary N) is 1. The molecular formula is C35H49N11O9. The zero-order valence-electron chi connectivity index (χ0n) is 30.7. The summed E-state index contributed by atoms with van der Waals surface area (Å²) in [4.78, 5) is 92.0. The van der Waals surface area contributed by atoms with Crippen LogP contribution in [-0.4, -0.2) is 151 Å². The molecule has 3 aromatic rings. The van der Waals surface area contributed by atoms with Crippen LogP contribution >= 0.6 is 0 Å². The number of carbonyl (C=O) groups excluding carboxylic acids is 2. The zero-order valence-corrected chi connectivity index (χ0v) is 30.7. The first-order valence-corrected chi connectivity index (χ1v) is 18.0. The van der Waals surface area contributed by atoms with E-state index < -0.39 is 23.5 Å². The third kappa shape index (κ3) is 14.2. The molecule has 20 heteroatoms. The number of hydrogen-bond donors (Lipinski definition) is 8. The average Bonchev–Trinajstić information content (AvgIpc) is 3.19. The zero-order chi connectivity index (χ0) is 39.9. The van der Waals surface area contributed by atoms with Crippen molar-refractivity contribution in [1.82, 2.24) is 45.3 Å². The van der Waals surface area contributed by atoms with Gasteiger partial charge in [-0.1, -0.05) is 6.42 Å². The lowest BCUT2D eigenvalue weighted by molar-refractivity contribution is -0.140. The molecule has 2 atom stereocenters. The minimum atomic E-state index is -1.03. The summed E-state index contributed by atoms with van der Waals surface area (Å²) in [7, 11) is 0. The van der Waals surface area contributed by atoms with E-state index in [1.165, 1.54) is 6.20 Å². The number of anilines is 2. The molecule has 4 rings (SSSR count). The summed E-state index contributed by atoms with van der Waals surface area (Å²) in [5.41, 5.74) is 6.95. The van der Waals surface area contributed by atoms with E-state index in [1.807, 2.05) is 6.92 Å². The molecule has 0 aliphatic carbocycles. The van der Waals surface area contributed by atoms with Gasteiger partial charge in [-0.05, 0) is 50.5 Å². The fourth-order valence-corrected chi connectivity index (χ4v) is 6.23.